The van der Waals surface area contributed by atoms with Crippen LogP contribution in [0.5, 0.6) is 0 Å². The second-order valence-corrected chi connectivity index (χ2v) is 7.45. The largest absolute Gasteiger partial charge is 0.481 e. The Morgan fingerprint density at radius 1 is 1.12 bits per heavy atom. The van der Waals surface area contributed by atoms with Gasteiger partial charge < -0.3 is 15.7 Å². The van der Waals surface area contributed by atoms with Gasteiger partial charge in [-0.2, -0.15) is 0 Å². The molecular formula is C18H24N2O4. The summed E-state index contributed by atoms with van der Waals surface area (Å²) in [7, 11) is 0. The van der Waals surface area contributed by atoms with Crippen molar-refractivity contribution in [1.82, 2.24) is 5.32 Å². The Hall–Kier alpha value is -2.37. The Bertz CT molecular complexity index is 640. The van der Waals surface area contributed by atoms with Crippen molar-refractivity contribution in [2.75, 3.05) is 5.32 Å². The summed E-state index contributed by atoms with van der Waals surface area (Å²) in [6.07, 6.45) is 1.91. The van der Waals surface area contributed by atoms with E-state index in [1.54, 1.807) is 24.3 Å². The Morgan fingerprint density at radius 3 is 2.12 bits per heavy atom. The highest BCUT2D eigenvalue weighted by Crippen LogP contribution is 2.44. The van der Waals surface area contributed by atoms with Gasteiger partial charge in [0.2, 0.25) is 5.91 Å². The third kappa shape index (κ3) is 4.34. The number of hydrogen-bond acceptors (Lipinski definition) is 3. The van der Waals surface area contributed by atoms with Gasteiger partial charge in [0.1, 0.15) is 0 Å². The molecule has 1 aliphatic rings. The molecule has 1 aliphatic carbocycles. The summed E-state index contributed by atoms with van der Waals surface area (Å²) in [6, 6.07) is 6.55. The number of carboxylic acid groups (broad SMARTS) is 1. The number of aliphatic carboxylic acids is 1. The van der Waals surface area contributed by atoms with E-state index in [0.717, 1.165) is 6.42 Å². The van der Waals surface area contributed by atoms with E-state index in [1.165, 1.54) is 0 Å². The average Bonchev–Trinajstić information content (AvgIpc) is 2.41. The van der Waals surface area contributed by atoms with Gasteiger partial charge in [-0.3, -0.25) is 14.4 Å². The summed E-state index contributed by atoms with van der Waals surface area (Å²) in [5, 5.41) is 14.8. The third-order valence-corrected chi connectivity index (χ3v) is 4.18. The van der Waals surface area contributed by atoms with Gasteiger partial charge in [-0.1, -0.05) is 6.42 Å². The first-order valence-electron chi connectivity index (χ1n) is 8.07. The highest BCUT2D eigenvalue weighted by molar-refractivity contribution is 5.97. The first-order valence-corrected chi connectivity index (χ1v) is 8.07. The fraction of sp³-hybridized carbons (Fsp3) is 0.500. The van der Waals surface area contributed by atoms with E-state index < -0.39 is 11.4 Å². The molecule has 0 bridgehead atoms. The van der Waals surface area contributed by atoms with Gasteiger partial charge in [0.15, 0.2) is 0 Å². The lowest BCUT2D eigenvalue weighted by molar-refractivity contribution is -0.157. The van der Waals surface area contributed by atoms with Crippen molar-refractivity contribution in [2.45, 2.75) is 52.0 Å². The van der Waals surface area contributed by atoms with Crippen LogP contribution in [0.1, 0.15) is 56.8 Å². The van der Waals surface area contributed by atoms with Crippen molar-refractivity contribution in [3.8, 4) is 0 Å². The Morgan fingerprint density at radius 2 is 1.71 bits per heavy atom. The van der Waals surface area contributed by atoms with Gasteiger partial charge in [-0.25, -0.2) is 0 Å². The van der Waals surface area contributed by atoms with Crippen LogP contribution in [0, 0.1) is 5.41 Å². The molecule has 2 rings (SSSR count). The second kappa shape index (κ2) is 6.63. The molecule has 1 fully saturated rings. The Kier molecular flexibility index (Phi) is 4.96. The van der Waals surface area contributed by atoms with E-state index in [2.05, 4.69) is 10.6 Å². The quantitative estimate of drug-likeness (QED) is 0.772. The molecular weight excluding hydrogens is 308 g/mol. The van der Waals surface area contributed by atoms with Crippen molar-refractivity contribution in [3.63, 3.8) is 0 Å². The van der Waals surface area contributed by atoms with Gasteiger partial charge in [-0.15, -0.1) is 0 Å². The number of rotatable bonds is 5. The van der Waals surface area contributed by atoms with E-state index in [1.807, 2.05) is 20.8 Å². The molecule has 0 spiro atoms. The average molecular weight is 332 g/mol. The molecule has 0 radical (unpaired) electrons. The number of carboxylic acids is 1. The molecule has 1 saturated carbocycles. The summed E-state index contributed by atoms with van der Waals surface area (Å²) in [5.74, 6) is -1.40. The second-order valence-electron chi connectivity index (χ2n) is 7.45. The third-order valence-electron chi connectivity index (χ3n) is 4.18. The summed E-state index contributed by atoms with van der Waals surface area (Å²) in [4.78, 5) is 35.4. The number of carbonyl (C=O) groups is 3. The summed E-state index contributed by atoms with van der Waals surface area (Å²) in [5.41, 5.74) is -0.176. The molecule has 24 heavy (non-hydrogen) atoms. The van der Waals surface area contributed by atoms with Crippen LogP contribution >= 0.6 is 0 Å². The molecule has 3 N–H and O–H groups in total. The van der Waals surface area contributed by atoms with Crippen molar-refractivity contribution in [1.29, 1.82) is 0 Å². The lowest BCUT2D eigenvalue weighted by Gasteiger charge is -2.36. The number of anilines is 1. The van der Waals surface area contributed by atoms with Crippen molar-refractivity contribution in [2.24, 2.45) is 5.41 Å². The number of benzene rings is 1. The molecule has 1 aromatic rings. The normalized spacial score (nSPS) is 16.0. The van der Waals surface area contributed by atoms with Gasteiger partial charge >= 0.3 is 5.97 Å². The monoisotopic (exact) mass is 332 g/mol. The zero-order valence-corrected chi connectivity index (χ0v) is 14.3. The first-order chi connectivity index (χ1) is 11.1. The maximum atomic E-state index is 12.1. The van der Waals surface area contributed by atoms with Crippen LogP contribution < -0.4 is 10.6 Å². The molecule has 130 valence electrons. The summed E-state index contributed by atoms with van der Waals surface area (Å²) < 4.78 is 0. The van der Waals surface area contributed by atoms with Gasteiger partial charge in [-0.05, 0) is 57.9 Å². The fourth-order valence-electron chi connectivity index (χ4n) is 2.70. The minimum atomic E-state index is -0.906. The van der Waals surface area contributed by atoms with Gasteiger partial charge in [0, 0.05) is 23.2 Å². The van der Waals surface area contributed by atoms with Gasteiger partial charge in [0.05, 0.1) is 5.41 Å². The number of hydrogen-bond donors (Lipinski definition) is 3. The first kappa shape index (κ1) is 18.0. The van der Waals surface area contributed by atoms with Crippen molar-refractivity contribution < 1.29 is 19.5 Å². The van der Waals surface area contributed by atoms with Crippen molar-refractivity contribution in [3.05, 3.63) is 29.8 Å². The zero-order valence-electron chi connectivity index (χ0n) is 14.3. The molecule has 0 atom stereocenters. The van der Waals surface area contributed by atoms with E-state index in [9.17, 15) is 19.5 Å². The lowest BCUT2D eigenvalue weighted by Crippen LogP contribution is -2.41. The van der Waals surface area contributed by atoms with E-state index in [-0.39, 0.29) is 23.8 Å². The molecule has 6 heteroatoms. The maximum Gasteiger partial charge on any atom is 0.310 e. The topological polar surface area (TPSA) is 95.5 Å². The molecule has 1 aromatic carbocycles. The SMILES string of the molecule is CC(C)(C)NC(=O)c1ccc(NC(=O)CC2(C(=O)O)CCC2)cc1. The zero-order chi connectivity index (χ0) is 18.0. The van der Waals surface area contributed by atoms with Crippen LogP contribution in [0.25, 0.3) is 0 Å². The van der Waals surface area contributed by atoms with E-state index >= 15 is 0 Å². The molecule has 0 saturated heterocycles. The highest BCUT2D eigenvalue weighted by Gasteiger charge is 2.45. The molecule has 0 aromatic heterocycles. The van der Waals surface area contributed by atoms with Crippen LogP contribution in [0.4, 0.5) is 5.69 Å². The summed E-state index contributed by atoms with van der Waals surface area (Å²) >= 11 is 0. The number of nitrogens with one attached hydrogen (secondary N) is 2. The van der Waals surface area contributed by atoms with Crippen LogP contribution in [0.15, 0.2) is 24.3 Å². The Balaban J connectivity index is 1.95. The van der Waals surface area contributed by atoms with Crippen LogP contribution in [0.2, 0.25) is 0 Å². The molecule has 2 amide bonds. The number of carbonyl (C=O) groups excluding carboxylic acids is 2. The van der Waals surface area contributed by atoms with E-state index in [0.29, 0.717) is 24.1 Å². The molecule has 0 heterocycles. The van der Waals surface area contributed by atoms with Crippen molar-refractivity contribution >= 4 is 23.5 Å². The standard InChI is InChI=1S/C18H24N2O4/c1-17(2,3)20-15(22)12-5-7-13(8-6-12)19-14(21)11-18(16(23)24)9-4-10-18/h5-8H,4,9-11H2,1-3H3,(H,19,21)(H,20,22)(H,23,24). The minimum absolute atomic E-state index is 0.0193. The smallest absolute Gasteiger partial charge is 0.310 e. The maximum absolute atomic E-state index is 12.1. The van der Waals surface area contributed by atoms with Gasteiger partial charge in [0.25, 0.3) is 5.91 Å². The molecule has 6 nitrogen and oxygen atoms in total. The summed E-state index contributed by atoms with van der Waals surface area (Å²) in [6.45, 7) is 5.70. The van der Waals surface area contributed by atoms with Crippen LogP contribution in [-0.2, 0) is 9.59 Å². The van der Waals surface area contributed by atoms with Crippen LogP contribution in [-0.4, -0.2) is 28.4 Å². The predicted octanol–water partition coefficient (Wildman–Crippen LogP) is 2.80. The number of amides is 2. The molecule has 0 aliphatic heterocycles. The Labute approximate surface area is 141 Å². The predicted molar refractivity (Wildman–Crippen MR) is 90.8 cm³/mol. The lowest BCUT2D eigenvalue weighted by atomic mass is 9.66. The molecule has 0 unspecified atom stereocenters. The van der Waals surface area contributed by atoms with E-state index in [4.69, 9.17) is 0 Å². The van der Waals surface area contributed by atoms with Crippen LogP contribution in [0.3, 0.4) is 0 Å². The fourth-order valence-corrected chi connectivity index (χ4v) is 2.70. The minimum Gasteiger partial charge on any atom is -0.481 e. The highest BCUT2D eigenvalue weighted by atomic mass is 16.4.